The number of aliphatic imine (C=N–C) groups is 1. The van der Waals surface area contributed by atoms with Crippen molar-refractivity contribution >= 4 is 40.2 Å². The monoisotopic (exact) mass is 698 g/mol. The maximum absolute atomic E-state index is 15.0. The lowest BCUT2D eigenvalue weighted by Crippen LogP contribution is -2.31. The highest BCUT2D eigenvalue weighted by Gasteiger charge is 2.34. The molecule has 4 aromatic rings. The average Bonchev–Trinajstić information content (AvgIpc) is 3.64. The molecule has 0 saturated carbocycles. The molecule has 0 aliphatic carbocycles. The van der Waals surface area contributed by atoms with Crippen LogP contribution >= 0.6 is 11.8 Å². The van der Waals surface area contributed by atoms with E-state index in [1.54, 1.807) is 0 Å². The Hall–Kier alpha value is -5.33. The van der Waals surface area contributed by atoms with Crippen LogP contribution in [0, 0.1) is 5.82 Å². The Morgan fingerprint density at radius 2 is 1.75 bits per heavy atom. The van der Waals surface area contributed by atoms with Gasteiger partial charge in [0.25, 0.3) is 0 Å². The molecule has 48 heavy (non-hydrogen) atoms. The van der Waals surface area contributed by atoms with Gasteiger partial charge in [0.05, 0.1) is 43.0 Å². The van der Waals surface area contributed by atoms with Gasteiger partial charge in [0, 0.05) is 11.6 Å². The molecule has 0 atom stereocenters. The fraction of sp³-hybridized carbons (Fsp3) is 0.207. The van der Waals surface area contributed by atoms with Gasteiger partial charge < -0.3 is 19.5 Å². The van der Waals surface area contributed by atoms with Crippen molar-refractivity contribution in [1.82, 2.24) is 14.8 Å². The largest absolute Gasteiger partial charge is 0.573 e. The number of hydrogen-bond donors (Lipinski definition) is 1. The van der Waals surface area contributed by atoms with Crippen LogP contribution in [0.25, 0.3) is 17.1 Å². The highest BCUT2D eigenvalue weighted by molar-refractivity contribution is 8.15. The third-order valence-electron chi connectivity index (χ3n) is 6.31. The summed E-state index contributed by atoms with van der Waals surface area (Å²) in [6, 6.07) is 11.5. The second-order valence-electron chi connectivity index (χ2n) is 9.64. The molecular weight excluding hydrogens is 677 g/mol. The lowest BCUT2D eigenvalue weighted by atomic mass is 10.2. The number of amidine groups is 1. The number of carbonyl (C=O) groups is 2. The standard InChI is InChI=1S/C29H21F7N6O5S/c1-45-19-7-9-23(46-11-10-28(31,32)33)22(13-19)42-24(43)14-48-27(42)39-26(44)38-21-8-2-16(12-20(21)30)25-37-15-41(40-25)17-3-5-18(6-4-17)47-29(34,35)36/h2-9,12-13,15H,10-11,14H2,1H3,(H,38,44). The van der Waals surface area contributed by atoms with Crippen LogP contribution in [0.3, 0.4) is 0 Å². The number of methoxy groups -OCH3 is 1. The van der Waals surface area contributed by atoms with Crippen LogP contribution in [0.5, 0.6) is 17.2 Å². The van der Waals surface area contributed by atoms with E-state index in [1.165, 1.54) is 60.6 Å². The van der Waals surface area contributed by atoms with Crippen LogP contribution in [0.2, 0.25) is 0 Å². The molecule has 1 fully saturated rings. The van der Waals surface area contributed by atoms with Crippen LogP contribution in [0.15, 0.2) is 72.0 Å². The third-order valence-corrected chi connectivity index (χ3v) is 7.23. The van der Waals surface area contributed by atoms with E-state index >= 15 is 4.39 Å². The zero-order chi connectivity index (χ0) is 34.6. The minimum absolute atomic E-state index is 0.00821. The van der Waals surface area contributed by atoms with Gasteiger partial charge in [0.15, 0.2) is 11.0 Å². The van der Waals surface area contributed by atoms with Gasteiger partial charge in [-0.1, -0.05) is 11.8 Å². The Morgan fingerprint density at radius 3 is 2.42 bits per heavy atom. The molecule has 1 aliphatic rings. The minimum atomic E-state index is -4.85. The predicted molar refractivity (Wildman–Crippen MR) is 159 cm³/mol. The summed E-state index contributed by atoms with van der Waals surface area (Å²) in [7, 11) is 1.34. The number of alkyl halides is 6. The minimum Gasteiger partial charge on any atom is -0.497 e. The fourth-order valence-electron chi connectivity index (χ4n) is 4.19. The molecular formula is C29H21F7N6O5S. The molecule has 252 valence electrons. The lowest BCUT2D eigenvalue weighted by Gasteiger charge is -2.21. The van der Waals surface area contributed by atoms with Crippen molar-refractivity contribution < 1.29 is 54.5 Å². The maximum atomic E-state index is 15.0. The Bertz CT molecular complexity index is 1850. The quantitative estimate of drug-likeness (QED) is 0.186. The first-order valence-corrected chi connectivity index (χ1v) is 14.5. The zero-order valence-electron chi connectivity index (χ0n) is 24.3. The normalized spacial score (nSPS) is 14.4. The predicted octanol–water partition coefficient (Wildman–Crippen LogP) is 6.98. The van der Waals surface area contributed by atoms with Crippen molar-refractivity contribution in [2.45, 2.75) is 19.0 Å². The number of carbonyl (C=O) groups excluding carboxylic acids is 2. The molecule has 1 N–H and O–H groups in total. The smallest absolute Gasteiger partial charge is 0.497 e. The molecule has 0 unspecified atom stereocenters. The number of hydrogen-bond acceptors (Lipinski definition) is 8. The van der Waals surface area contributed by atoms with Crippen molar-refractivity contribution in [3.63, 3.8) is 0 Å². The Labute approximate surface area is 270 Å². The van der Waals surface area contributed by atoms with E-state index < -0.39 is 49.1 Å². The first-order valence-electron chi connectivity index (χ1n) is 13.5. The third kappa shape index (κ3) is 8.52. The summed E-state index contributed by atoms with van der Waals surface area (Å²) in [6.07, 6.45) is -9.30. The Morgan fingerprint density at radius 1 is 1.02 bits per heavy atom. The van der Waals surface area contributed by atoms with Gasteiger partial charge >= 0.3 is 18.6 Å². The topological polar surface area (TPSA) is 120 Å². The van der Waals surface area contributed by atoms with E-state index in [0.717, 1.165) is 34.9 Å². The SMILES string of the molecule is COc1ccc(OCCC(F)(F)F)c(N2C(=O)CSC2=NC(=O)Nc2ccc(-c3ncn(-c4ccc(OC(F)(F)F)cc4)n3)cc2F)c1. The summed E-state index contributed by atoms with van der Waals surface area (Å²) < 4.78 is 106. The van der Waals surface area contributed by atoms with Crippen molar-refractivity contribution in [2.75, 3.05) is 29.7 Å². The number of nitrogens with one attached hydrogen (secondary N) is 1. The summed E-state index contributed by atoms with van der Waals surface area (Å²) in [4.78, 5) is 34.6. The van der Waals surface area contributed by atoms with Crippen molar-refractivity contribution in [2.24, 2.45) is 4.99 Å². The maximum Gasteiger partial charge on any atom is 0.573 e. The summed E-state index contributed by atoms with van der Waals surface area (Å²) in [6.45, 7) is -0.732. The van der Waals surface area contributed by atoms with Crippen molar-refractivity contribution in [3.05, 3.63) is 72.8 Å². The molecule has 0 radical (unpaired) electrons. The molecule has 3 aromatic carbocycles. The van der Waals surface area contributed by atoms with E-state index in [0.29, 0.717) is 5.69 Å². The molecule has 0 spiro atoms. The van der Waals surface area contributed by atoms with Gasteiger partial charge in [-0.2, -0.15) is 18.2 Å². The second kappa shape index (κ2) is 13.8. The fourth-order valence-corrected chi connectivity index (χ4v) is 5.04. The van der Waals surface area contributed by atoms with Gasteiger partial charge in [0.2, 0.25) is 5.91 Å². The molecule has 1 saturated heterocycles. The van der Waals surface area contributed by atoms with Gasteiger partial charge in [-0.05, 0) is 54.6 Å². The molecule has 3 amide bonds. The van der Waals surface area contributed by atoms with Crippen molar-refractivity contribution in [3.8, 4) is 34.3 Å². The summed E-state index contributed by atoms with van der Waals surface area (Å²) in [5.74, 6) is -1.81. The highest BCUT2D eigenvalue weighted by atomic mass is 32.2. The molecule has 19 heteroatoms. The highest BCUT2D eigenvalue weighted by Crippen LogP contribution is 2.38. The summed E-state index contributed by atoms with van der Waals surface area (Å²) in [5.41, 5.74) is 0.252. The van der Waals surface area contributed by atoms with Crippen molar-refractivity contribution in [1.29, 1.82) is 0 Å². The molecule has 1 aromatic heterocycles. The Kier molecular flexibility index (Phi) is 9.78. The zero-order valence-corrected chi connectivity index (χ0v) is 25.1. The average molecular weight is 699 g/mol. The van der Waals surface area contributed by atoms with E-state index in [2.05, 4.69) is 25.1 Å². The molecule has 1 aliphatic heterocycles. The molecule has 5 rings (SSSR count). The lowest BCUT2D eigenvalue weighted by molar-refractivity contribution is -0.274. The number of anilines is 2. The van der Waals surface area contributed by atoms with Crippen LogP contribution in [0.1, 0.15) is 6.42 Å². The van der Waals surface area contributed by atoms with Gasteiger partial charge in [-0.25, -0.2) is 18.9 Å². The van der Waals surface area contributed by atoms with E-state index in [-0.39, 0.29) is 45.2 Å². The van der Waals surface area contributed by atoms with Gasteiger partial charge in [-0.15, -0.1) is 18.3 Å². The van der Waals surface area contributed by atoms with Gasteiger partial charge in [0.1, 0.15) is 29.4 Å². The number of halogens is 7. The molecule has 0 bridgehead atoms. The first-order chi connectivity index (χ1) is 22.7. The number of ether oxygens (including phenoxy) is 3. The van der Waals surface area contributed by atoms with Crippen LogP contribution in [-0.2, 0) is 4.79 Å². The summed E-state index contributed by atoms with van der Waals surface area (Å²) >= 11 is 0.870. The number of thioether (sulfide) groups is 1. The first kappa shape index (κ1) is 34.0. The summed E-state index contributed by atoms with van der Waals surface area (Å²) in [5, 5.41) is 6.33. The number of benzene rings is 3. The second-order valence-corrected chi connectivity index (χ2v) is 10.6. The van der Waals surface area contributed by atoms with Crippen LogP contribution < -0.4 is 24.4 Å². The number of amides is 3. The van der Waals surface area contributed by atoms with Crippen LogP contribution in [0.4, 0.5) is 46.9 Å². The molecule has 11 nitrogen and oxygen atoms in total. The number of nitrogens with zero attached hydrogens (tertiary/aromatic N) is 5. The Balaban J connectivity index is 1.30. The van der Waals surface area contributed by atoms with Crippen LogP contribution in [-0.4, -0.2) is 63.9 Å². The van der Waals surface area contributed by atoms with E-state index in [1.807, 2.05) is 0 Å². The van der Waals surface area contributed by atoms with Gasteiger partial charge in [-0.3, -0.25) is 9.69 Å². The number of urea groups is 1. The van der Waals surface area contributed by atoms with E-state index in [9.17, 15) is 35.9 Å². The number of aromatic nitrogens is 3. The van der Waals surface area contributed by atoms with E-state index in [4.69, 9.17) is 9.47 Å². The molecule has 2 heterocycles. The number of rotatable bonds is 9.